The van der Waals surface area contributed by atoms with Gasteiger partial charge in [0, 0.05) is 36.8 Å². The van der Waals surface area contributed by atoms with Gasteiger partial charge in [-0.25, -0.2) is 22.2 Å². The van der Waals surface area contributed by atoms with E-state index in [9.17, 15) is 30.7 Å². The molecule has 1 aromatic carbocycles. The van der Waals surface area contributed by atoms with E-state index in [1.165, 1.54) is 0 Å². The SMILES string of the molecule is Fc1cc(F)cc(Nc2nc(NC3CCC(F)(F)C3)nc(-n3ccc(C(F)(F)F)n3)n2)c1. The molecule has 14 heteroatoms. The van der Waals surface area contributed by atoms with Gasteiger partial charge in [-0.15, -0.1) is 0 Å². The number of halogens is 7. The van der Waals surface area contributed by atoms with Gasteiger partial charge in [0.15, 0.2) is 5.69 Å². The standard InChI is InChI=1S/C18H14F7N7/c19-9-5-10(20)7-12(6-9)27-15-28-14(26-11-1-3-17(21,22)8-11)29-16(30-15)32-4-2-13(31-32)18(23,24)25/h2,4-7,11H,1,3,8H2,(H2,26,27,28,29,30). The van der Waals surface area contributed by atoms with Crippen molar-refractivity contribution >= 4 is 17.6 Å². The highest BCUT2D eigenvalue weighted by Gasteiger charge is 2.40. The van der Waals surface area contributed by atoms with Crippen molar-refractivity contribution in [3.63, 3.8) is 0 Å². The van der Waals surface area contributed by atoms with Crippen molar-refractivity contribution in [3.8, 4) is 5.95 Å². The first-order valence-corrected chi connectivity index (χ1v) is 9.24. The molecule has 0 aliphatic heterocycles. The molecule has 3 aromatic rings. The lowest BCUT2D eigenvalue weighted by Gasteiger charge is -2.14. The summed E-state index contributed by atoms with van der Waals surface area (Å²) in [5.41, 5.74) is -1.29. The molecule has 0 saturated heterocycles. The summed E-state index contributed by atoms with van der Waals surface area (Å²) in [4.78, 5) is 11.9. The van der Waals surface area contributed by atoms with E-state index in [1.807, 2.05) is 0 Å². The normalized spacial score (nSPS) is 18.0. The maximum atomic E-state index is 13.5. The second kappa shape index (κ2) is 7.91. The molecule has 1 aliphatic carbocycles. The van der Waals surface area contributed by atoms with E-state index in [1.54, 1.807) is 0 Å². The van der Waals surface area contributed by atoms with Gasteiger partial charge in [-0.05, 0) is 24.6 Å². The first kappa shape index (κ1) is 21.8. The van der Waals surface area contributed by atoms with Crippen molar-refractivity contribution < 1.29 is 30.7 Å². The molecule has 1 fully saturated rings. The van der Waals surface area contributed by atoms with E-state index >= 15 is 0 Å². The van der Waals surface area contributed by atoms with Gasteiger partial charge in [0.25, 0.3) is 5.95 Å². The van der Waals surface area contributed by atoms with Crippen molar-refractivity contribution in [3.05, 3.63) is 47.8 Å². The highest BCUT2D eigenvalue weighted by atomic mass is 19.4. The fourth-order valence-corrected chi connectivity index (χ4v) is 3.19. The Morgan fingerprint density at radius 3 is 2.28 bits per heavy atom. The molecule has 1 atom stereocenters. The topological polar surface area (TPSA) is 80.5 Å². The van der Waals surface area contributed by atoms with E-state index in [4.69, 9.17) is 0 Å². The predicted molar refractivity (Wildman–Crippen MR) is 97.8 cm³/mol. The first-order valence-electron chi connectivity index (χ1n) is 9.24. The van der Waals surface area contributed by atoms with Gasteiger partial charge in [0.05, 0.1) is 0 Å². The lowest BCUT2D eigenvalue weighted by molar-refractivity contribution is -0.141. The molecular weight excluding hydrogens is 447 g/mol. The molecule has 170 valence electrons. The highest BCUT2D eigenvalue weighted by Crippen LogP contribution is 2.36. The molecule has 0 bridgehead atoms. The van der Waals surface area contributed by atoms with Gasteiger partial charge >= 0.3 is 6.18 Å². The second-order valence-corrected chi connectivity index (χ2v) is 7.15. The minimum absolute atomic E-state index is 0.0885. The van der Waals surface area contributed by atoms with Crippen LogP contribution in [0, 0.1) is 11.6 Å². The van der Waals surface area contributed by atoms with Gasteiger partial charge < -0.3 is 10.6 Å². The number of rotatable bonds is 5. The van der Waals surface area contributed by atoms with Crippen LogP contribution in [-0.4, -0.2) is 36.7 Å². The minimum atomic E-state index is -4.71. The zero-order chi connectivity index (χ0) is 23.1. The van der Waals surface area contributed by atoms with E-state index < -0.39 is 41.9 Å². The van der Waals surface area contributed by atoms with E-state index in [-0.39, 0.29) is 36.4 Å². The van der Waals surface area contributed by atoms with Crippen LogP contribution in [0.15, 0.2) is 30.5 Å². The average Bonchev–Trinajstić information content (AvgIpc) is 3.27. The number of hydrogen-bond acceptors (Lipinski definition) is 6. The lowest BCUT2D eigenvalue weighted by atomic mass is 10.2. The Labute approximate surface area is 175 Å². The summed E-state index contributed by atoms with van der Waals surface area (Å²) in [6.07, 6.45) is -4.46. The summed E-state index contributed by atoms with van der Waals surface area (Å²) >= 11 is 0. The van der Waals surface area contributed by atoms with Crippen LogP contribution in [0.2, 0.25) is 0 Å². The molecule has 32 heavy (non-hydrogen) atoms. The Hall–Kier alpha value is -3.45. The number of anilines is 3. The number of aromatic nitrogens is 5. The smallest absolute Gasteiger partial charge is 0.351 e. The summed E-state index contributed by atoms with van der Waals surface area (Å²) in [5, 5.41) is 8.59. The molecule has 2 N–H and O–H groups in total. The van der Waals surface area contributed by atoms with Crippen LogP contribution < -0.4 is 10.6 Å². The molecule has 2 aromatic heterocycles. The molecule has 0 amide bonds. The van der Waals surface area contributed by atoms with Crippen LogP contribution in [0.3, 0.4) is 0 Å². The van der Waals surface area contributed by atoms with E-state index in [2.05, 4.69) is 30.7 Å². The first-order chi connectivity index (χ1) is 15.0. The summed E-state index contributed by atoms with van der Waals surface area (Å²) in [6.45, 7) is 0. The Kier molecular flexibility index (Phi) is 5.38. The fraction of sp³-hybridized carbons (Fsp3) is 0.333. The summed E-state index contributed by atoms with van der Waals surface area (Å²) < 4.78 is 93.3. The number of benzene rings is 1. The maximum Gasteiger partial charge on any atom is 0.435 e. The largest absolute Gasteiger partial charge is 0.435 e. The van der Waals surface area contributed by atoms with Crippen LogP contribution >= 0.6 is 0 Å². The average molecular weight is 461 g/mol. The molecule has 1 saturated carbocycles. The Morgan fingerprint density at radius 1 is 1.00 bits per heavy atom. The molecule has 1 unspecified atom stereocenters. The van der Waals surface area contributed by atoms with Crippen LogP contribution in [0.5, 0.6) is 0 Å². The molecule has 2 heterocycles. The highest BCUT2D eigenvalue weighted by molar-refractivity contribution is 5.55. The van der Waals surface area contributed by atoms with Gasteiger partial charge in [-0.3, -0.25) is 0 Å². The van der Waals surface area contributed by atoms with Crippen LogP contribution in [0.25, 0.3) is 5.95 Å². The van der Waals surface area contributed by atoms with Gasteiger partial charge in [-0.2, -0.15) is 33.2 Å². The van der Waals surface area contributed by atoms with Crippen molar-refractivity contribution in [2.24, 2.45) is 0 Å². The summed E-state index contributed by atoms with van der Waals surface area (Å²) in [5.74, 6) is -5.54. The predicted octanol–water partition coefficient (Wildman–Crippen LogP) is 4.70. The number of alkyl halides is 5. The summed E-state index contributed by atoms with van der Waals surface area (Å²) in [7, 11) is 0. The van der Waals surface area contributed by atoms with Crippen LogP contribution in [0.4, 0.5) is 48.3 Å². The lowest BCUT2D eigenvalue weighted by Crippen LogP contribution is -2.21. The van der Waals surface area contributed by atoms with Gasteiger partial charge in [0.2, 0.25) is 17.8 Å². The zero-order valence-corrected chi connectivity index (χ0v) is 16.0. The van der Waals surface area contributed by atoms with Gasteiger partial charge in [-0.1, -0.05) is 0 Å². The number of nitrogens with one attached hydrogen (secondary N) is 2. The maximum absolute atomic E-state index is 13.5. The molecule has 7 nitrogen and oxygen atoms in total. The molecule has 1 aliphatic rings. The molecule has 0 radical (unpaired) electrons. The van der Waals surface area contributed by atoms with E-state index in [0.717, 1.165) is 23.0 Å². The zero-order valence-electron chi connectivity index (χ0n) is 16.0. The van der Waals surface area contributed by atoms with Crippen molar-refractivity contribution in [1.29, 1.82) is 0 Å². The third kappa shape index (κ3) is 5.06. The van der Waals surface area contributed by atoms with Gasteiger partial charge in [0.1, 0.15) is 11.6 Å². The van der Waals surface area contributed by atoms with Crippen molar-refractivity contribution in [2.75, 3.05) is 10.6 Å². The minimum Gasteiger partial charge on any atom is -0.351 e. The van der Waals surface area contributed by atoms with Crippen LogP contribution in [0.1, 0.15) is 25.0 Å². The monoisotopic (exact) mass is 461 g/mol. The Bertz CT molecular complexity index is 1110. The number of hydrogen-bond donors (Lipinski definition) is 2. The third-order valence-electron chi connectivity index (χ3n) is 4.56. The second-order valence-electron chi connectivity index (χ2n) is 7.15. The summed E-state index contributed by atoms with van der Waals surface area (Å²) in [6, 6.07) is 2.52. The Balaban J connectivity index is 1.68. The fourth-order valence-electron chi connectivity index (χ4n) is 3.19. The van der Waals surface area contributed by atoms with Crippen LogP contribution in [-0.2, 0) is 6.18 Å². The molecule has 0 spiro atoms. The third-order valence-corrected chi connectivity index (χ3v) is 4.56. The number of nitrogens with zero attached hydrogens (tertiary/aromatic N) is 5. The molecule has 4 rings (SSSR count). The van der Waals surface area contributed by atoms with E-state index in [0.29, 0.717) is 12.1 Å². The molecular formula is C18H14F7N7. The Morgan fingerprint density at radius 2 is 1.69 bits per heavy atom. The van der Waals surface area contributed by atoms with Crippen molar-refractivity contribution in [2.45, 2.75) is 37.4 Å². The van der Waals surface area contributed by atoms with Crippen molar-refractivity contribution in [1.82, 2.24) is 24.7 Å². The quantitative estimate of drug-likeness (QED) is 0.537.